The van der Waals surface area contributed by atoms with Crippen LogP contribution in [0.15, 0.2) is 0 Å². The number of ether oxygens (including phenoxy) is 1. The highest BCUT2D eigenvalue weighted by Crippen LogP contribution is 2.61. The quantitative estimate of drug-likeness (QED) is 0.573. The smallest absolute Gasteiger partial charge is 0.239 e. The fraction of sp³-hybridized carbons (Fsp3) is 0.909. The SMILES string of the molecule is CC1CN(S(=O)(=O)CCNC(=O)CNC(=O)CC23CC4CC(CC(C4)C2)C3)CC(C)O1. The second-order valence-corrected chi connectivity index (χ2v) is 12.7. The Morgan fingerprint density at radius 1 is 0.935 bits per heavy atom. The molecule has 176 valence electrons. The number of carbonyl (C=O) groups excluding carboxylic acids is 2. The number of hydrogen-bond donors (Lipinski definition) is 2. The molecule has 0 aromatic rings. The average molecular weight is 456 g/mol. The monoisotopic (exact) mass is 455 g/mol. The maximum absolute atomic E-state index is 12.5. The van der Waals surface area contributed by atoms with Crippen molar-refractivity contribution < 1.29 is 22.7 Å². The Labute approximate surface area is 185 Å². The zero-order valence-corrected chi connectivity index (χ0v) is 19.6. The minimum absolute atomic E-state index is 0.0339. The summed E-state index contributed by atoms with van der Waals surface area (Å²) >= 11 is 0. The fourth-order valence-corrected chi connectivity index (χ4v) is 8.45. The zero-order chi connectivity index (χ0) is 22.2. The summed E-state index contributed by atoms with van der Waals surface area (Å²) in [5.41, 5.74) is 0.149. The number of amides is 2. The minimum Gasteiger partial charge on any atom is -0.373 e. The van der Waals surface area contributed by atoms with Crippen LogP contribution in [0.25, 0.3) is 0 Å². The van der Waals surface area contributed by atoms with Crippen LogP contribution in [0, 0.1) is 23.2 Å². The third-order valence-electron chi connectivity index (χ3n) is 7.61. The summed E-state index contributed by atoms with van der Waals surface area (Å²) in [6.45, 7) is 4.31. The standard InChI is InChI=1S/C22H37N3O5S/c1-15-13-25(14-16(2)30-15)31(28,29)4-3-23-21(27)12-24-20(26)11-22-8-17-5-18(9-22)7-19(6-17)10-22/h15-19H,3-14H2,1-2H3,(H,23,27)(H,24,26). The molecule has 8 nitrogen and oxygen atoms in total. The molecule has 2 atom stereocenters. The van der Waals surface area contributed by atoms with Crippen molar-refractivity contribution >= 4 is 21.8 Å². The Morgan fingerprint density at radius 2 is 1.48 bits per heavy atom. The fourth-order valence-electron chi connectivity index (χ4n) is 6.96. The van der Waals surface area contributed by atoms with Gasteiger partial charge in [0.15, 0.2) is 0 Å². The average Bonchev–Trinajstić information content (AvgIpc) is 2.64. The summed E-state index contributed by atoms with van der Waals surface area (Å²) < 4.78 is 32.1. The van der Waals surface area contributed by atoms with E-state index in [1.807, 2.05) is 13.8 Å². The van der Waals surface area contributed by atoms with E-state index in [-0.39, 0.29) is 48.3 Å². The van der Waals surface area contributed by atoms with Crippen LogP contribution in [0.3, 0.4) is 0 Å². The largest absolute Gasteiger partial charge is 0.373 e. The van der Waals surface area contributed by atoms with Crippen molar-refractivity contribution in [2.75, 3.05) is 31.9 Å². The molecule has 1 aliphatic heterocycles. The summed E-state index contributed by atoms with van der Waals surface area (Å²) in [5.74, 6) is 1.82. The van der Waals surface area contributed by atoms with E-state index in [0.717, 1.165) is 37.0 Å². The summed E-state index contributed by atoms with van der Waals surface area (Å²) in [7, 11) is -3.46. The first kappa shape index (κ1) is 23.0. The van der Waals surface area contributed by atoms with Crippen LogP contribution in [-0.4, -0.2) is 68.7 Å². The first-order valence-electron chi connectivity index (χ1n) is 11.8. The molecule has 1 saturated heterocycles. The number of nitrogens with zero attached hydrogens (tertiary/aromatic N) is 1. The van der Waals surface area contributed by atoms with Crippen LogP contribution in [-0.2, 0) is 24.3 Å². The van der Waals surface area contributed by atoms with Crippen LogP contribution in [0.5, 0.6) is 0 Å². The lowest BCUT2D eigenvalue weighted by Crippen LogP contribution is -2.50. The van der Waals surface area contributed by atoms with Crippen molar-refractivity contribution in [1.82, 2.24) is 14.9 Å². The number of rotatable bonds is 8. The van der Waals surface area contributed by atoms with E-state index in [4.69, 9.17) is 4.74 Å². The molecule has 5 aliphatic rings. The van der Waals surface area contributed by atoms with Gasteiger partial charge in [0.25, 0.3) is 0 Å². The van der Waals surface area contributed by atoms with Crippen molar-refractivity contribution in [2.24, 2.45) is 23.2 Å². The Hall–Kier alpha value is -1.19. The van der Waals surface area contributed by atoms with E-state index in [9.17, 15) is 18.0 Å². The van der Waals surface area contributed by atoms with Crippen molar-refractivity contribution in [2.45, 2.75) is 71.0 Å². The van der Waals surface area contributed by atoms with Gasteiger partial charge in [-0.25, -0.2) is 8.42 Å². The molecule has 9 heteroatoms. The molecule has 2 amide bonds. The Balaban J connectivity index is 1.16. The molecule has 4 aliphatic carbocycles. The highest BCUT2D eigenvalue weighted by Gasteiger charge is 2.51. The van der Waals surface area contributed by atoms with Gasteiger partial charge in [0.05, 0.1) is 24.5 Å². The Kier molecular flexibility index (Phi) is 6.66. The second-order valence-electron chi connectivity index (χ2n) is 10.6. The molecule has 1 heterocycles. The lowest BCUT2D eigenvalue weighted by atomic mass is 9.49. The molecule has 4 saturated carbocycles. The highest BCUT2D eigenvalue weighted by atomic mass is 32.2. The summed E-state index contributed by atoms with van der Waals surface area (Å²) in [6.07, 6.45) is 7.75. The van der Waals surface area contributed by atoms with Gasteiger partial charge in [0.1, 0.15) is 0 Å². The first-order valence-corrected chi connectivity index (χ1v) is 13.4. The van der Waals surface area contributed by atoms with E-state index in [1.165, 1.54) is 23.6 Å². The van der Waals surface area contributed by atoms with Gasteiger partial charge >= 0.3 is 0 Å². The summed E-state index contributed by atoms with van der Waals surface area (Å²) in [6, 6.07) is 0. The molecule has 5 fully saturated rings. The van der Waals surface area contributed by atoms with Gasteiger partial charge in [-0.2, -0.15) is 4.31 Å². The van der Waals surface area contributed by atoms with E-state index < -0.39 is 10.0 Å². The van der Waals surface area contributed by atoms with Gasteiger partial charge in [-0.3, -0.25) is 9.59 Å². The molecular weight excluding hydrogens is 418 g/mol. The zero-order valence-electron chi connectivity index (χ0n) is 18.8. The van der Waals surface area contributed by atoms with Crippen molar-refractivity contribution in [3.63, 3.8) is 0 Å². The van der Waals surface area contributed by atoms with Gasteiger partial charge in [-0.05, 0) is 75.5 Å². The van der Waals surface area contributed by atoms with E-state index in [1.54, 1.807) is 0 Å². The van der Waals surface area contributed by atoms with Crippen LogP contribution < -0.4 is 10.6 Å². The lowest BCUT2D eigenvalue weighted by Gasteiger charge is -2.56. The van der Waals surface area contributed by atoms with Gasteiger partial charge in [-0.15, -0.1) is 0 Å². The van der Waals surface area contributed by atoms with Crippen molar-refractivity contribution in [3.8, 4) is 0 Å². The number of sulfonamides is 1. The molecule has 0 aromatic carbocycles. The Morgan fingerprint density at radius 3 is 2.03 bits per heavy atom. The van der Waals surface area contributed by atoms with E-state index >= 15 is 0 Å². The second kappa shape index (κ2) is 8.98. The molecule has 0 spiro atoms. The first-order chi connectivity index (χ1) is 14.6. The predicted molar refractivity (Wildman–Crippen MR) is 117 cm³/mol. The molecule has 0 aromatic heterocycles. The minimum atomic E-state index is -3.46. The van der Waals surface area contributed by atoms with Crippen molar-refractivity contribution in [3.05, 3.63) is 0 Å². The van der Waals surface area contributed by atoms with Crippen LogP contribution in [0.2, 0.25) is 0 Å². The molecule has 31 heavy (non-hydrogen) atoms. The Bertz CT molecular complexity index is 754. The van der Waals surface area contributed by atoms with E-state index in [2.05, 4.69) is 10.6 Å². The van der Waals surface area contributed by atoms with Gasteiger partial charge in [-0.1, -0.05) is 0 Å². The molecular formula is C22H37N3O5S. The van der Waals surface area contributed by atoms with E-state index in [0.29, 0.717) is 19.5 Å². The van der Waals surface area contributed by atoms with Gasteiger partial charge in [0, 0.05) is 26.1 Å². The summed E-state index contributed by atoms with van der Waals surface area (Å²) in [4.78, 5) is 24.7. The topological polar surface area (TPSA) is 105 Å². The normalized spacial score (nSPS) is 37.5. The number of morpholine rings is 1. The molecule has 4 bridgehead atoms. The van der Waals surface area contributed by atoms with Gasteiger partial charge < -0.3 is 15.4 Å². The molecule has 2 unspecified atom stereocenters. The van der Waals surface area contributed by atoms with Crippen molar-refractivity contribution in [1.29, 1.82) is 0 Å². The number of hydrogen-bond acceptors (Lipinski definition) is 5. The summed E-state index contributed by atoms with van der Waals surface area (Å²) in [5, 5.41) is 5.38. The van der Waals surface area contributed by atoms with Crippen LogP contribution in [0.4, 0.5) is 0 Å². The highest BCUT2D eigenvalue weighted by molar-refractivity contribution is 7.89. The maximum Gasteiger partial charge on any atom is 0.239 e. The number of carbonyl (C=O) groups is 2. The third-order valence-corrected chi connectivity index (χ3v) is 9.41. The van der Waals surface area contributed by atoms with Gasteiger partial charge in [0.2, 0.25) is 21.8 Å². The molecule has 2 N–H and O–H groups in total. The number of nitrogens with one attached hydrogen (secondary N) is 2. The maximum atomic E-state index is 12.5. The molecule has 0 radical (unpaired) electrons. The predicted octanol–water partition coefficient (Wildman–Crippen LogP) is 1.26. The molecule has 5 rings (SSSR count). The van der Waals surface area contributed by atoms with Crippen LogP contribution >= 0.6 is 0 Å². The third kappa shape index (κ3) is 5.60. The lowest BCUT2D eigenvalue weighted by molar-refractivity contribution is -0.131. The van der Waals surface area contributed by atoms with Crippen LogP contribution in [0.1, 0.15) is 58.8 Å².